The Bertz CT molecular complexity index is 857. The van der Waals surface area contributed by atoms with Crippen molar-refractivity contribution in [3.63, 3.8) is 0 Å². The van der Waals surface area contributed by atoms with Gasteiger partial charge in [0.15, 0.2) is 17.4 Å². The van der Waals surface area contributed by atoms with Crippen molar-refractivity contribution in [2.45, 2.75) is 39.5 Å². The van der Waals surface area contributed by atoms with E-state index in [0.29, 0.717) is 35.4 Å². The molecule has 0 saturated heterocycles. The van der Waals surface area contributed by atoms with E-state index in [9.17, 15) is 18.4 Å². The number of Topliss-reactive ketones (excluding diaryl/α,β-unsaturated/α-hetero) is 1. The molecule has 3 rings (SSSR count). The van der Waals surface area contributed by atoms with Crippen LogP contribution in [0.4, 0.5) is 8.78 Å². The predicted octanol–water partition coefficient (Wildman–Crippen LogP) is 3.99. The number of hydrogen-bond donors (Lipinski definition) is 1. The van der Waals surface area contributed by atoms with Crippen molar-refractivity contribution in [3.05, 3.63) is 58.9 Å². The van der Waals surface area contributed by atoms with Crippen LogP contribution >= 0.6 is 0 Å². The highest BCUT2D eigenvalue weighted by Crippen LogP contribution is 2.48. The fourth-order valence-electron chi connectivity index (χ4n) is 4.02. The highest BCUT2D eigenvalue weighted by molar-refractivity contribution is 6.00. The first-order valence-electron chi connectivity index (χ1n) is 8.98. The Morgan fingerprint density at radius 2 is 2.00 bits per heavy atom. The number of halogens is 2. The first kappa shape index (κ1) is 19.3. The first-order valence-corrected chi connectivity index (χ1v) is 8.98. The maximum Gasteiger partial charge on any atom is 0.315 e. The van der Waals surface area contributed by atoms with Crippen molar-refractivity contribution in [2.75, 3.05) is 6.61 Å². The van der Waals surface area contributed by atoms with Crippen molar-refractivity contribution in [1.82, 2.24) is 5.32 Å². The van der Waals surface area contributed by atoms with E-state index in [1.165, 1.54) is 6.07 Å². The molecular weight excluding hydrogens is 352 g/mol. The molecule has 27 heavy (non-hydrogen) atoms. The van der Waals surface area contributed by atoms with E-state index in [-0.39, 0.29) is 17.8 Å². The summed E-state index contributed by atoms with van der Waals surface area (Å²) in [5, 5.41) is 3.12. The van der Waals surface area contributed by atoms with Gasteiger partial charge in [-0.15, -0.1) is 0 Å². The van der Waals surface area contributed by atoms with Gasteiger partial charge in [-0.3, -0.25) is 9.59 Å². The largest absolute Gasteiger partial charge is 0.465 e. The van der Waals surface area contributed by atoms with Crippen molar-refractivity contribution in [3.8, 4) is 0 Å². The van der Waals surface area contributed by atoms with Gasteiger partial charge in [0.05, 0.1) is 6.61 Å². The molecule has 0 aromatic heterocycles. The monoisotopic (exact) mass is 375 g/mol. The van der Waals surface area contributed by atoms with E-state index in [4.69, 9.17) is 4.74 Å². The van der Waals surface area contributed by atoms with Gasteiger partial charge in [-0.2, -0.15) is 0 Å². The topological polar surface area (TPSA) is 55.4 Å². The van der Waals surface area contributed by atoms with Gasteiger partial charge in [0.25, 0.3) is 0 Å². The highest BCUT2D eigenvalue weighted by atomic mass is 19.2. The minimum absolute atomic E-state index is 0.106. The number of hydrogen-bond acceptors (Lipinski definition) is 4. The highest BCUT2D eigenvalue weighted by Gasteiger charge is 2.46. The van der Waals surface area contributed by atoms with Crippen LogP contribution in [0.25, 0.3) is 0 Å². The Kier molecular flexibility index (Phi) is 4.93. The number of nitrogens with one attached hydrogen (secondary N) is 1. The Hall–Kier alpha value is -2.50. The molecule has 0 saturated carbocycles. The molecule has 1 aromatic carbocycles. The van der Waals surface area contributed by atoms with Crippen molar-refractivity contribution in [2.24, 2.45) is 11.3 Å². The molecule has 0 fully saturated rings. The Morgan fingerprint density at radius 3 is 2.63 bits per heavy atom. The second-order valence-corrected chi connectivity index (χ2v) is 7.86. The molecule has 0 bridgehead atoms. The third-order valence-electron chi connectivity index (χ3n) is 5.09. The van der Waals surface area contributed by atoms with Gasteiger partial charge >= 0.3 is 5.97 Å². The lowest BCUT2D eigenvalue weighted by Crippen LogP contribution is -2.43. The number of ether oxygens (including phenoxy) is 1. The first-order chi connectivity index (χ1) is 12.6. The summed E-state index contributed by atoms with van der Waals surface area (Å²) in [5.41, 5.74) is 1.64. The third kappa shape index (κ3) is 3.53. The molecule has 144 valence electrons. The zero-order chi connectivity index (χ0) is 19.9. The van der Waals surface area contributed by atoms with Crippen LogP contribution in [0.2, 0.25) is 0 Å². The maximum atomic E-state index is 13.9. The fraction of sp³-hybridized carbons (Fsp3) is 0.429. The number of benzene rings is 1. The zero-order valence-corrected chi connectivity index (χ0v) is 15.7. The molecule has 2 unspecified atom stereocenters. The van der Waals surface area contributed by atoms with Crippen LogP contribution in [0.15, 0.2) is 41.7 Å². The number of rotatable bonds is 3. The standard InChI is InChI=1S/C21H23F2NO3/c1-5-27-20(26)17-11(2)24-15-9-21(3,4)10-16(25)19(15)18(17)12-6-7-13(22)14(23)8-12/h6-8,17-18,24H,2,5,9-10H2,1,3-4H3. The van der Waals surface area contributed by atoms with Gasteiger partial charge in [0.1, 0.15) is 5.92 Å². The van der Waals surface area contributed by atoms with Gasteiger partial charge in [-0.25, -0.2) is 8.78 Å². The van der Waals surface area contributed by atoms with Crippen LogP contribution in [0.5, 0.6) is 0 Å². The molecule has 1 aromatic rings. The molecule has 0 amide bonds. The van der Waals surface area contributed by atoms with E-state index in [1.54, 1.807) is 6.92 Å². The zero-order valence-electron chi connectivity index (χ0n) is 15.7. The van der Waals surface area contributed by atoms with E-state index < -0.39 is 29.4 Å². The van der Waals surface area contributed by atoms with E-state index in [2.05, 4.69) is 11.9 Å². The maximum absolute atomic E-state index is 13.9. The van der Waals surface area contributed by atoms with Crippen LogP contribution in [0.3, 0.4) is 0 Å². The normalized spacial score (nSPS) is 24.3. The van der Waals surface area contributed by atoms with Crippen LogP contribution in [-0.4, -0.2) is 18.4 Å². The molecule has 1 heterocycles. The van der Waals surface area contributed by atoms with Gasteiger partial charge < -0.3 is 10.1 Å². The summed E-state index contributed by atoms with van der Waals surface area (Å²) in [7, 11) is 0. The van der Waals surface area contributed by atoms with Crippen molar-refractivity contribution >= 4 is 11.8 Å². The molecule has 1 aliphatic heterocycles. The molecule has 1 aliphatic carbocycles. The van der Waals surface area contributed by atoms with Gasteiger partial charge in [0.2, 0.25) is 0 Å². The smallest absolute Gasteiger partial charge is 0.315 e. The molecule has 1 N–H and O–H groups in total. The number of esters is 1. The number of ketones is 1. The second-order valence-electron chi connectivity index (χ2n) is 7.86. The third-order valence-corrected chi connectivity index (χ3v) is 5.09. The van der Waals surface area contributed by atoms with Crippen LogP contribution in [-0.2, 0) is 14.3 Å². The Morgan fingerprint density at radius 1 is 1.30 bits per heavy atom. The lowest BCUT2D eigenvalue weighted by Gasteiger charge is -2.42. The van der Waals surface area contributed by atoms with E-state index >= 15 is 0 Å². The van der Waals surface area contributed by atoms with Crippen LogP contribution in [0.1, 0.15) is 45.1 Å². The SMILES string of the molecule is C=C1NC2=C(C(=O)CC(C)(C)C2)C(c2ccc(F)c(F)c2)C1C(=O)OCC. The van der Waals surface area contributed by atoms with Crippen LogP contribution in [0, 0.1) is 23.0 Å². The fourth-order valence-corrected chi connectivity index (χ4v) is 4.02. The molecule has 2 atom stereocenters. The van der Waals surface area contributed by atoms with Crippen LogP contribution < -0.4 is 5.32 Å². The minimum Gasteiger partial charge on any atom is -0.465 e. The summed E-state index contributed by atoms with van der Waals surface area (Å²) < 4.78 is 32.5. The van der Waals surface area contributed by atoms with Gasteiger partial charge in [-0.05, 0) is 36.5 Å². The Balaban J connectivity index is 2.18. The summed E-state index contributed by atoms with van der Waals surface area (Å²) in [6.07, 6.45) is 0.915. The number of carbonyl (C=O) groups excluding carboxylic acids is 2. The Labute approximate surface area is 157 Å². The predicted molar refractivity (Wildman–Crippen MR) is 96.5 cm³/mol. The lowest BCUT2D eigenvalue weighted by atomic mass is 9.66. The summed E-state index contributed by atoms with van der Waals surface area (Å²) >= 11 is 0. The molecule has 2 aliphatic rings. The molecular formula is C21H23F2NO3. The number of carbonyl (C=O) groups is 2. The van der Waals surface area contributed by atoms with Gasteiger partial charge in [-0.1, -0.05) is 26.5 Å². The summed E-state index contributed by atoms with van der Waals surface area (Å²) in [5.74, 6) is -4.31. The average molecular weight is 375 g/mol. The molecule has 0 spiro atoms. The lowest BCUT2D eigenvalue weighted by molar-refractivity contribution is -0.147. The number of allylic oxidation sites excluding steroid dienone is 2. The quantitative estimate of drug-likeness (QED) is 0.812. The molecule has 4 nitrogen and oxygen atoms in total. The van der Waals surface area contributed by atoms with Crippen molar-refractivity contribution in [1.29, 1.82) is 0 Å². The molecule has 6 heteroatoms. The summed E-state index contributed by atoms with van der Waals surface area (Å²) in [6.45, 7) is 9.78. The van der Waals surface area contributed by atoms with E-state index in [1.807, 2.05) is 13.8 Å². The molecule has 0 radical (unpaired) electrons. The summed E-state index contributed by atoms with van der Waals surface area (Å²) in [6, 6.07) is 3.46. The minimum atomic E-state index is -1.02. The van der Waals surface area contributed by atoms with E-state index in [0.717, 1.165) is 12.1 Å². The average Bonchev–Trinajstić information content (AvgIpc) is 2.55. The summed E-state index contributed by atoms with van der Waals surface area (Å²) in [4.78, 5) is 25.6. The van der Waals surface area contributed by atoms with Crippen molar-refractivity contribution < 1.29 is 23.1 Å². The van der Waals surface area contributed by atoms with Gasteiger partial charge in [0, 0.05) is 29.3 Å². The second kappa shape index (κ2) is 6.91.